The van der Waals surface area contributed by atoms with Crippen LogP contribution in [0.1, 0.15) is 46.0 Å². The maximum absolute atomic E-state index is 11.5. The minimum Gasteiger partial charge on any atom is -0.363 e. The number of nitro groups is 1. The fourth-order valence-electron chi connectivity index (χ4n) is 3.21. The fraction of sp³-hybridized carbons (Fsp3) is 0.625. The molecule has 1 fully saturated rings. The quantitative estimate of drug-likeness (QED) is 0.623. The van der Waals surface area contributed by atoms with E-state index >= 15 is 0 Å². The first-order chi connectivity index (χ1) is 11.2. The van der Waals surface area contributed by atoms with Crippen molar-refractivity contribution in [3.8, 4) is 0 Å². The van der Waals surface area contributed by atoms with Gasteiger partial charge in [-0.25, -0.2) is 13.6 Å². The molecule has 134 valence electrons. The molecule has 2 N–H and O–H groups in total. The number of hydrogen-bond acceptors (Lipinski definition) is 5. The van der Waals surface area contributed by atoms with Crippen molar-refractivity contribution in [3.05, 3.63) is 28.3 Å². The third-order valence-electron chi connectivity index (χ3n) is 4.49. The number of nitrogens with two attached hydrogens (primary N) is 1. The van der Waals surface area contributed by atoms with Gasteiger partial charge in [0, 0.05) is 18.7 Å². The van der Waals surface area contributed by atoms with Gasteiger partial charge in [-0.2, -0.15) is 0 Å². The second-order valence-electron chi connectivity index (χ2n) is 6.77. The molecular formula is C16H25N3O4S. The highest BCUT2D eigenvalue weighted by Gasteiger charge is 2.29. The molecule has 0 radical (unpaired) electrons. The van der Waals surface area contributed by atoms with Crippen molar-refractivity contribution < 1.29 is 13.3 Å². The Labute approximate surface area is 143 Å². The van der Waals surface area contributed by atoms with E-state index in [9.17, 15) is 18.5 Å². The number of sulfonamides is 1. The SMILES string of the molecule is CC(C)CCC1CCCCN1c1ccc(S(N)(=O)=O)cc1[N+](=O)[O-]. The highest BCUT2D eigenvalue weighted by molar-refractivity contribution is 7.89. The molecule has 8 heteroatoms. The van der Waals surface area contributed by atoms with Gasteiger partial charge in [0.25, 0.3) is 5.69 Å². The minimum atomic E-state index is -3.96. The fourth-order valence-corrected chi connectivity index (χ4v) is 3.75. The Bertz CT molecular complexity index is 703. The molecule has 0 aliphatic carbocycles. The molecule has 1 atom stereocenters. The van der Waals surface area contributed by atoms with Crippen LogP contribution >= 0.6 is 0 Å². The molecule has 1 aliphatic heterocycles. The Morgan fingerprint density at radius 2 is 2.08 bits per heavy atom. The number of rotatable bonds is 6. The lowest BCUT2D eigenvalue weighted by Crippen LogP contribution is -2.40. The van der Waals surface area contributed by atoms with Gasteiger partial charge in [-0.05, 0) is 50.2 Å². The van der Waals surface area contributed by atoms with Crippen LogP contribution < -0.4 is 10.0 Å². The number of benzene rings is 1. The largest absolute Gasteiger partial charge is 0.363 e. The lowest BCUT2D eigenvalue weighted by molar-refractivity contribution is -0.384. The van der Waals surface area contributed by atoms with Gasteiger partial charge >= 0.3 is 0 Å². The van der Waals surface area contributed by atoms with Gasteiger partial charge in [0.05, 0.1) is 9.82 Å². The summed E-state index contributed by atoms with van der Waals surface area (Å²) in [6.07, 6.45) is 5.13. The monoisotopic (exact) mass is 355 g/mol. The minimum absolute atomic E-state index is 0.196. The van der Waals surface area contributed by atoms with E-state index < -0.39 is 14.9 Å². The number of nitrogens with zero attached hydrogens (tertiary/aromatic N) is 2. The summed E-state index contributed by atoms with van der Waals surface area (Å²) in [7, 11) is -3.96. The van der Waals surface area contributed by atoms with Crippen molar-refractivity contribution in [2.75, 3.05) is 11.4 Å². The summed E-state index contributed by atoms with van der Waals surface area (Å²) in [6, 6.07) is 4.19. The first-order valence-corrected chi connectivity index (χ1v) is 9.82. The molecule has 7 nitrogen and oxygen atoms in total. The number of primary sulfonamides is 1. The van der Waals surface area contributed by atoms with Crippen molar-refractivity contribution >= 4 is 21.4 Å². The summed E-state index contributed by atoms with van der Waals surface area (Å²) in [6.45, 7) is 5.07. The van der Waals surface area contributed by atoms with Crippen LogP contribution in [0.3, 0.4) is 0 Å². The highest BCUT2D eigenvalue weighted by Crippen LogP contribution is 2.36. The average molecular weight is 355 g/mol. The molecule has 0 aromatic heterocycles. The maximum atomic E-state index is 11.5. The Morgan fingerprint density at radius 1 is 1.38 bits per heavy atom. The van der Waals surface area contributed by atoms with Gasteiger partial charge in [-0.3, -0.25) is 10.1 Å². The van der Waals surface area contributed by atoms with Crippen LogP contribution in [0, 0.1) is 16.0 Å². The van der Waals surface area contributed by atoms with Crippen molar-refractivity contribution in [1.29, 1.82) is 0 Å². The van der Waals surface area contributed by atoms with Crippen molar-refractivity contribution in [2.24, 2.45) is 11.1 Å². The smallest absolute Gasteiger partial charge is 0.293 e. The van der Waals surface area contributed by atoms with E-state index in [-0.39, 0.29) is 16.6 Å². The third kappa shape index (κ3) is 4.45. The molecule has 1 aromatic rings. The predicted molar refractivity (Wildman–Crippen MR) is 93.5 cm³/mol. The molecule has 0 amide bonds. The van der Waals surface area contributed by atoms with E-state index in [0.717, 1.165) is 44.7 Å². The van der Waals surface area contributed by atoms with Crippen LogP contribution in [-0.4, -0.2) is 25.9 Å². The van der Waals surface area contributed by atoms with Gasteiger partial charge < -0.3 is 4.90 Å². The summed E-state index contributed by atoms with van der Waals surface area (Å²) >= 11 is 0. The summed E-state index contributed by atoms with van der Waals surface area (Å²) in [5.41, 5.74) is 0.291. The summed E-state index contributed by atoms with van der Waals surface area (Å²) in [4.78, 5) is 12.8. The molecule has 1 heterocycles. The molecule has 2 rings (SSSR count). The Kier molecular flexibility index (Phi) is 5.82. The third-order valence-corrected chi connectivity index (χ3v) is 5.40. The summed E-state index contributed by atoms with van der Waals surface area (Å²) in [5, 5.41) is 16.6. The van der Waals surface area contributed by atoms with Gasteiger partial charge in [-0.15, -0.1) is 0 Å². The van der Waals surface area contributed by atoms with Gasteiger partial charge in [0.1, 0.15) is 5.69 Å². The molecule has 0 bridgehead atoms. The first-order valence-electron chi connectivity index (χ1n) is 8.28. The molecule has 0 spiro atoms. The first kappa shape index (κ1) is 18.7. The van der Waals surface area contributed by atoms with Gasteiger partial charge in [0.2, 0.25) is 10.0 Å². The number of hydrogen-bond donors (Lipinski definition) is 1. The summed E-state index contributed by atoms with van der Waals surface area (Å²) in [5.74, 6) is 0.577. The number of piperidine rings is 1. The Balaban J connectivity index is 2.39. The molecule has 1 saturated heterocycles. The highest BCUT2D eigenvalue weighted by atomic mass is 32.2. The number of nitro benzene ring substituents is 1. The van der Waals surface area contributed by atoms with Crippen molar-refractivity contribution in [2.45, 2.75) is 56.9 Å². The predicted octanol–water partition coefficient (Wildman–Crippen LogP) is 3.04. The van der Waals surface area contributed by atoms with E-state index in [0.29, 0.717) is 11.6 Å². The van der Waals surface area contributed by atoms with Crippen LogP contribution in [0.2, 0.25) is 0 Å². The zero-order valence-electron chi connectivity index (χ0n) is 14.1. The standard InChI is InChI=1S/C16H25N3O4S/c1-12(2)6-7-13-5-3-4-10-18(13)15-9-8-14(24(17,22)23)11-16(15)19(20)21/h8-9,11-13H,3-7,10H2,1-2H3,(H2,17,22,23). The molecule has 1 aromatic carbocycles. The number of anilines is 1. The van der Waals surface area contributed by atoms with E-state index in [1.54, 1.807) is 0 Å². The second-order valence-corrected chi connectivity index (χ2v) is 8.33. The lowest BCUT2D eigenvalue weighted by atomic mass is 9.94. The molecule has 0 saturated carbocycles. The molecule has 24 heavy (non-hydrogen) atoms. The van der Waals surface area contributed by atoms with Crippen LogP contribution in [0.25, 0.3) is 0 Å². The topological polar surface area (TPSA) is 107 Å². The van der Waals surface area contributed by atoms with Crippen LogP contribution in [0.15, 0.2) is 23.1 Å². The lowest BCUT2D eigenvalue weighted by Gasteiger charge is -2.37. The normalized spacial score (nSPS) is 18.8. The molecular weight excluding hydrogens is 330 g/mol. The molecule has 1 unspecified atom stereocenters. The van der Waals surface area contributed by atoms with Crippen LogP contribution in [0.5, 0.6) is 0 Å². The van der Waals surface area contributed by atoms with Gasteiger partial charge in [0.15, 0.2) is 0 Å². The van der Waals surface area contributed by atoms with Gasteiger partial charge in [-0.1, -0.05) is 13.8 Å². The Morgan fingerprint density at radius 3 is 2.67 bits per heavy atom. The second kappa shape index (κ2) is 7.48. The van der Waals surface area contributed by atoms with E-state index in [1.165, 1.54) is 12.1 Å². The zero-order valence-corrected chi connectivity index (χ0v) is 15.0. The van der Waals surface area contributed by atoms with E-state index in [1.807, 2.05) is 0 Å². The average Bonchev–Trinajstić information content (AvgIpc) is 2.51. The van der Waals surface area contributed by atoms with Crippen molar-refractivity contribution in [1.82, 2.24) is 0 Å². The van der Waals surface area contributed by atoms with E-state index in [2.05, 4.69) is 18.7 Å². The molecule has 1 aliphatic rings. The van der Waals surface area contributed by atoms with E-state index in [4.69, 9.17) is 5.14 Å². The van der Waals surface area contributed by atoms with Crippen LogP contribution in [0.4, 0.5) is 11.4 Å². The zero-order chi connectivity index (χ0) is 17.9. The Hall–Kier alpha value is -1.67. The van der Waals surface area contributed by atoms with Crippen molar-refractivity contribution in [3.63, 3.8) is 0 Å². The summed E-state index contributed by atoms with van der Waals surface area (Å²) < 4.78 is 23.0. The van der Waals surface area contributed by atoms with Crippen LogP contribution in [-0.2, 0) is 10.0 Å². The maximum Gasteiger partial charge on any atom is 0.293 e.